The van der Waals surface area contributed by atoms with E-state index in [0.717, 1.165) is 50.7 Å². The van der Waals surface area contributed by atoms with E-state index in [1.165, 1.54) is 87.1 Å². The molecule has 0 fully saturated rings. The van der Waals surface area contributed by atoms with Gasteiger partial charge in [-0.15, -0.1) is 0 Å². The Kier molecular flexibility index (Phi) is 9.89. The standard InChI is InChI=1S/C72H47N3/c1-4-22-60(23-5-1)73(64-35-30-48-16-10-11-17-50(48)41-64)63-33-28-49(29-34-63)57-38-58(55-31-36-69-65(44-55)67-42-51-18-12-14-20-53(51)46-71(67)74(69)61-24-6-2-7-25-61)40-59(39-57)56-32-37-70-66(45-56)68-43-52-19-13-15-21-54(52)47-72(68)75(70)62-26-8-3-9-27-62/h1-47H. The van der Waals surface area contributed by atoms with Crippen molar-refractivity contribution in [1.82, 2.24) is 9.13 Å². The van der Waals surface area contributed by atoms with Gasteiger partial charge in [-0.1, -0.05) is 158 Å². The zero-order valence-corrected chi connectivity index (χ0v) is 41.0. The van der Waals surface area contributed by atoms with Crippen LogP contribution in [0.25, 0.3) is 121 Å². The van der Waals surface area contributed by atoms with E-state index in [1.807, 2.05) is 0 Å². The second-order valence-electron chi connectivity index (χ2n) is 19.8. The summed E-state index contributed by atoms with van der Waals surface area (Å²) in [5.41, 5.74) is 17.4. The van der Waals surface area contributed by atoms with Crippen LogP contribution < -0.4 is 4.90 Å². The lowest BCUT2D eigenvalue weighted by Gasteiger charge is -2.26. The van der Waals surface area contributed by atoms with Crippen LogP contribution in [-0.2, 0) is 0 Å². The van der Waals surface area contributed by atoms with Crippen LogP contribution in [0.15, 0.2) is 285 Å². The van der Waals surface area contributed by atoms with Gasteiger partial charge in [0.25, 0.3) is 0 Å². The Labute approximate surface area is 434 Å². The molecule has 13 aromatic carbocycles. The van der Waals surface area contributed by atoms with Crippen LogP contribution in [0.1, 0.15) is 0 Å². The lowest BCUT2D eigenvalue weighted by Crippen LogP contribution is -2.09. The molecule has 0 bridgehead atoms. The summed E-state index contributed by atoms with van der Waals surface area (Å²) in [7, 11) is 0. The Bertz CT molecular complexity index is 4470. The molecule has 2 heterocycles. The van der Waals surface area contributed by atoms with E-state index in [9.17, 15) is 0 Å². The molecule has 15 rings (SSSR count). The molecule has 0 atom stereocenters. The van der Waals surface area contributed by atoms with E-state index in [0.29, 0.717) is 0 Å². The highest BCUT2D eigenvalue weighted by Crippen LogP contribution is 2.43. The van der Waals surface area contributed by atoms with E-state index in [-0.39, 0.29) is 0 Å². The van der Waals surface area contributed by atoms with E-state index in [2.05, 4.69) is 299 Å². The fraction of sp³-hybridized carbons (Fsp3) is 0. The lowest BCUT2D eigenvalue weighted by molar-refractivity contribution is 1.18. The summed E-state index contributed by atoms with van der Waals surface area (Å²) < 4.78 is 4.84. The Balaban J connectivity index is 0.929. The van der Waals surface area contributed by atoms with E-state index in [4.69, 9.17) is 0 Å². The molecule has 0 spiro atoms. The molecule has 3 nitrogen and oxygen atoms in total. The summed E-state index contributed by atoms with van der Waals surface area (Å²) in [5.74, 6) is 0. The topological polar surface area (TPSA) is 13.1 Å². The SMILES string of the molecule is c1ccc(N(c2ccc(-c3cc(-c4ccc5c(c4)c4cc6ccccc6cc4n5-c4ccccc4)cc(-c4ccc5c(c4)c4cc6ccccc6cc4n5-c4ccccc4)c3)cc2)c2ccc3ccccc3c2)cc1. The Morgan fingerprint density at radius 1 is 0.200 bits per heavy atom. The second kappa shape index (κ2) is 17.4. The van der Waals surface area contributed by atoms with Crippen molar-refractivity contribution in [2.45, 2.75) is 0 Å². The monoisotopic (exact) mass is 953 g/mol. The van der Waals surface area contributed by atoms with Crippen LogP contribution in [0.4, 0.5) is 17.1 Å². The fourth-order valence-corrected chi connectivity index (χ4v) is 11.8. The average molecular weight is 954 g/mol. The summed E-state index contributed by atoms with van der Waals surface area (Å²) in [5, 5.41) is 12.3. The van der Waals surface area contributed by atoms with Crippen LogP contribution >= 0.6 is 0 Å². The van der Waals surface area contributed by atoms with Gasteiger partial charge in [0.05, 0.1) is 22.1 Å². The minimum Gasteiger partial charge on any atom is -0.310 e. The first kappa shape index (κ1) is 42.7. The third-order valence-corrected chi connectivity index (χ3v) is 15.4. The van der Waals surface area contributed by atoms with Gasteiger partial charge in [-0.25, -0.2) is 0 Å². The first-order valence-electron chi connectivity index (χ1n) is 25.8. The van der Waals surface area contributed by atoms with Crippen molar-refractivity contribution < 1.29 is 0 Å². The van der Waals surface area contributed by atoms with Gasteiger partial charge >= 0.3 is 0 Å². The predicted molar refractivity (Wildman–Crippen MR) is 319 cm³/mol. The van der Waals surface area contributed by atoms with Crippen molar-refractivity contribution in [3.8, 4) is 44.8 Å². The summed E-state index contributed by atoms with van der Waals surface area (Å²) >= 11 is 0. The van der Waals surface area contributed by atoms with Crippen LogP contribution in [0.3, 0.4) is 0 Å². The average Bonchev–Trinajstić information content (AvgIpc) is 4.01. The van der Waals surface area contributed by atoms with Gasteiger partial charge in [0, 0.05) is 50.0 Å². The van der Waals surface area contributed by atoms with Gasteiger partial charge in [0.2, 0.25) is 0 Å². The van der Waals surface area contributed by atoms with Gasteiger partial charge in [-0.05, 0) is 193 Å². The third kappa shape index (κ3) is 7.28. The number of hydrogen-bond donors (Lipinski definition) is 0. The van der Waals surface area contributed by atoms with Gasteiger partial charge in [0.15, 0.2) is 0 Å². The molecule has 0 saturated carbocycles. The third-order valence-electron chi connectivity index (χ3n) is 15.4. The molecule has 0 aliphatic carbocycles. The maximum atomic E-state index is 2.42. The Morgan fingerprint density at radius 3 is 1.05 bits per heavy atom. The number of hydrogen-bond acceptors (Lipinski definition) is 1. The molecule has 15 aromatic rings. The van der Waals surface area contributed by atoms with Crippen molar-refractivity contribution in [3.05, 3.63) is 285 Å². The van der Waals surface area contributed by atoms with E-state index in [1.54, 1.807) is 0 Å². The molecule has 0 aliphatic heterocycles. The second-order valence-corrected chi connectivity index (χ2v) is 19.8. The van der Waals surface area contributed by atoms with Crippen molar-refractivity contribution >= 4 is 93.0 Å². The number of para-hydroxylation sites is 3. The highest BCUT2D eigenvalue weighted by Gasteiger charge is 2.19. The van der Waals surface area contributed by atoms with Crippen molar-refractivity contribution in [2.24, 2.45) is 0 Å². The number of rotatable bonds is 8. The normalized spacial score (nSPS) is 11.7. The number of nitrogens with zero attached hydrogens (tertiary/aromatic N) is 3. The molecule has 350 valence electrons. The molecule has 0 saturated heterocycles. The van der Waals surface area contributed by atoms with Crippen LogP contribution in [0.2, 0.25) is 0 Å². The maximum Gasteiger partial charge on any atom is 0.0547 e. The predicted octanol–water partition coefficient (Wildman–Crippen LogP) is 19.8. The van der Waals surface area contributed by atoms with Crippen LogP contribution in [0.5, 0.6) is 0 Å². The van der Waals surface area contributed by atoms with Crippen LogP contribution in [0, 0.1) is 0 Å². The summed E-state index contributed by atoms with van der Waals surface area (Å²) in [4.78, 5) is 2.35. The molecule has 75 heavy (non-hydrogen) atoms. The Hall–Kier alpha value is -9.96. The van der Waals surface area contributed by atoms with Crippen molar-refractivity contribution in [1.29, 1.82) is 0 Å². The molecule has 0 radical (unpaired) electrons. The molecular formula is C72H47N3. The van der Waals surface area contributed by atoms with Gasteiger partial charge in [-0.3, -0.25) is 0 Å². The zero-order valence-electron chi connectivity index (χ0n) is 41.0. The smallest absolute Gasteiger partial charge is 0.0547 e. The quantitative estimate of drug-likeness (QED) is 0.148. The summed E-state index contributed by atoms with van der Waals surface area (Å²) in [6.45, 7) is 0. The molecule has 3 heteroatoms. The number of benzene rings is 13. The first-order valence-corrected chi connectivity index (χ1v) is 25.8. The molecule has 2 aromatic heterocycles. The number of aromatic nitrogens is 2. The number of anilines is 3. The lowest BCUT2D eigenvalue weighted by atomic mass is 9.92. The van der Waals surface area contributed by atoms with Gasteiger partial charge < -0.3 is 14.0 Å². The fourth-order valence-electron chi connectivity index (χ4n) is 11.8. The highest BCUT2D eigenvalue weighted by molar-refractivity contribution is 6.16. The van der Waals surface area contributed by atoms with Crippen LogP contribution in [-0.4, -0.2) is 9.13 Å². The van der Waals surface area contributed by atoms with Gasteiger partial charge in [0.1, 0.15) is 0 Å². The minimum absolute atomic E-state index is 1.09. The van der Waals surface area contributed by atoms with Gasteiger partial charge in [-0.2, -0.15) is 0 Å². The molecular weight excluding hydrogens is 907 g/mol. The highest BCUT2D eigenvalue weighted by atomic mass is 15.1. The van der Waals surface area contributed by atoms with Crippen molar-refractivity contribution in [2.75, 3.05) is 4.90 Å². The number of fused-ring (bicyclic) bond motifs is 9. The maximum absolute atomic E-state index is 2.42. The molecule has 0 aliphatic rings. The molecule has 0 unspecified atom stereocenters. The summed E-state index contributed by atoms with van der Waals surface area (Å²) in [6, 6.07) is 105. The molecule has 0 N–H and O–H groups in total. The zero-order chi connectivity index (χ0) is 49.4. The largest absolute Gasteiger partial charge is 0.310 e. The first-order chi connectivity index (χ1) is 37.1. The van der Waals surface area contributed by atoms with E-state index < -0.39 is 0 Å². The van der Waals surface area contributed by atoms with Crippen molar-refractivity contribution in [3.63, 3.8) is 0 Å². The van der Waals surface area contributed by atoms with E-state index >= 15 is 0 Å². The molecule has 0 amide bonds. The summed E-state index contributed by atoms with van der Waals surface area (Å²) in [6.07, 6.45) is 0. The minimum atomic E-state index is 1.09. The Morgan fingerprint density at radius 2 is 0.560 bits per heavy atom.